The lowest BCUT2D eigenvalue weighted by Crippen LogP contribution is -2.32. The zero-order valence-corrected chi connectivity index (χ0v) is 18.8. The van der Waals surface area contributed by atoms with E-state index < -0.39 is 0 Å². The molecule has 1 fully saturated rings. The summed E-state index contributed by atoms with van der Waals surface area (Å²) < 4.78 is 2.13. The van der Waals surface area contributed by atoms with Crippen molar-refractivity contribution in [3.05, 3.63) is 71.4 Å². The maximum atomic E-state index is 4.81. The van der Waals surface area contributed by atoms with E-state index in [2.05, 4.69) is 62.7 Å². The molecule has 1 aliphatic rings. The maximum Gasteiger partial charge on any atom is 0.287 e. The summed E-state index contributed by atoms with van der Waals surface area (Å²) in [7, 11) is 2.07. The summed E-state index contributed by atoms with van der Waals surface area (Å²) in [6.07, 6.45) is 10.9. The first kappa shape index (κ1) is 19.8. The average molecular weight is 410 g/mol. The molecule has 1 aliphatic carbocycles. The smallest absolute Gasteiger partial charge is 0.257 e. The molecule has 2 heterocycles. The summed E-state index contributed by atoms with van der Waals surface area (Å²) in [6, 6.07) is 10.9. The van der Waals surface area contributed by atoms with Crippen LogP contribution in [0.2, 0.25) is 0 Å². The van der Waals surface area contributed by atoms with Crippen LogP contribution in [0, 0.1) is 20.8 Å². The van der Waals surface area contributed by atoms with E-state index in [1.807, 2.05) is 18.7 Å². The van der Waals surface area contributed by atoms with Crippen LogP contribution in [0.5, 0.6) is 0 Å². The molecule has 4 nitrogen and oxygen atoms in total. The van der Waals surface area contributed by atoms with Crippen LogP contribution in [0.4, 0.5) is 0 Å². The van der Waals surface area contributed by atoms with E-state index in [1.165, 1.54) is 53.6 Å². The summed E-state index contributed by atoms with van der Waals surface area (Å²) in [5.74, 6) is 0.574. The molecule has 0 radical (unpaired) electrons. The van der Waals surface area contributed by atoms with Crippen LogP contribution in [-0.4, -0.2) is 15.0 Å². The van der Waals surface area contributed by atoms with Crippen LogP contribution in [0.1, 0.15) is 54.0 Å². The Morgan fingerprint density at radius 1 is 0.903 bits per heavy atom. The van der Waals surface area contributed by atoms with Crippen molar-refractivity contribution in [3.63, 3.8) is 0 Å². The van der Waals surface area contributed by atoms with Gasteiger partial charge in [0.05, 0.1) is 35.6 Å². The van der Waals surface area contributed by atoms with Gasteiger partial charge in [-0.25, -0.2) is 4.57 Å². The molecule has 0 unspecified atom stereocenters. The SMILES string of the molecule is Cc1cc(C)c(C)c(-c2c3cccc(-c4cnc(C5CCCC5)cn4)c3nc[n+]2C)c1. The summed E-state index contributed by atoms with van der Waals surface area (Å²) in [4.78, 5) is 14.4. The minimum absolute atomic E-state index is 0.574. The number of aromatic nitrogens is 4. The Hall–Kier alpha value is -3.14. The highest BCUT2D eigenvalue weighted by atomic mass is 15.0. The average Bonchev–Trinajstić information content (AvgIpc) is 3.31. The Morgan fingerprint density at radius 3 is 2.45 bits per heavy atom. The molecule has 4 aromatic rings. The lowest BCUT2D eigenvalue weighted by molar-refractivity contribution is -0.662. The molecular weight excluding hydrogens is 380 g/mol. The summed E-state index contributed by atoms with van der Waals surface area (Å²) in [6.45, 7) is 6.54. The van der Waals surface area contributed by atoms with Gasteiger partial charge in [0.15, 0.2) is 5.52 Å². The molecule has 0 aliphatic heterocycles. The molecule has 4 heteroatoms. The second kappa shape index (κ2) is 7.84. The molecule has 2 aromatic heterocycles. The van der Waals surface area contributed by atoms with E-state index in [9.17, 15) is 0 Å². The second-order valence-corrected chi connectivity index (χ2v) is 8.97. The molecule has 1 saturated carbocycles. The maximum absolute atomic E-state index is 4.81. The number of hydrogen-bond acceptors (Lipinski definition) is 3. The van der Waals surface area contributed by atoms with E-state index >= 15 is 0 Å². The number of para-hydroxylation sites is 1. The van der Waals surface area contributed by atoms with E-state index in [1.54, 1.807) is 0 Å². The third kappa shape index (κ3) is 3.50. The number of fused-ring (bicyclic) bond motifs is 1. The lowest BCUT2D eigenvalue weighted by Gasteiger charge is -2.13. The zero-order chi connectivity index (χ0) is 21.5. The first-order valence-electron chi connectivity index (χ1n) is 11.2. The van der Waals surface area contributed by atoms with E-state index in [4.69, 9.17) is 15.0 Å². The summed E-state index contributed by atoms with van der Waals surface area (Å²) in [5, 5.41) is 1.14. The minimum Gasteiger partial charge on any atom is -0.257 e. The summed E-state index contributed by atoms with van der Waals surface area (Å²) in [5.41, 5.74) is 10.4. The van der Waals surface area contributed by atoms with Crippen molar-refractivity contribution < 1.29 is 4.57 Å². The van der Waals surface area contributed by atoms with Crippen LogP contribution in [0.15, 0.2) is 49.1 Å². The predicted octanol–water partition coefficient (Wildman–Crippen LogP) is 5.77. The van der Waals surface area contributed by atoms with Crippen molar-refractivity contribution in [2.24, 2.45) is 7.05 Å². The van der Waals surface area contributed by atoms with Crippen LogP contribution >= 0.6 is 0 Å². The van der Waals surface area contributed by atoms with Gasteiger partial charge in [-0.05, 0) is 67.9 Å². The number of benzene rings is 2. The predicted molar refractivity (Wildman–Crippen MR) is 125 cm³/mol. The molecule has 0 N–H and O–H groups in total. The Morgan fingerprint density at radius 2 is 1.71 bits per heavy atom. The molecule has 5 rings (SSSR count). The largest absolute Gasteiger partial charge is 0.287 e. The molecule has 0 saturated heterocycles. The van der Waals surface area contributed by atoms with Crippen molar-refractivity contribution in [3.8, 4) is 22.5 Å². The highest BCUT2D eigenvalue weighted by molar-refractivity contribution is 5.99. The third-order valence-electron chi connectivity index (χ3n) is 6.79. The van der Waals surface area contributed by atoms with Gasteiger partial charge in [-0.2, -0.15) is 0 Å². The van der Waals surface area contributed by atoms with E-state index in [0.717, 1.165) is 27.9 Å². The quantitative estimate of drug-likeness (QED) is 0.404. The van der Waals surface area contributed by atoms with Gasteiger partial charge in [0.25, 0.3) is 6.33 Å². The summed E-state index contributed by atoms with van der Waals surface area (Å²) >= 11 is 0. The fourth-order valence-electron chi connectivity index (χ4n) is 5.00. The molecule has 0 atom stereocenters. The second-order valence-electron chi connectivity index (χ2n) is 8.97. The fraction of sp³-hybridized carbons (Fsp3) is 0.333. The van der Waals surface area contributed by atoms with Crippen molar-refractivity contribution in [2.45, 2.75) is 52.4 Å². The number of hydrogen-bond donors (Lipinski definition) is 0. The van der Waals surface area contributed by atoms with Gasteiger partial charge in [-0.3, -0.25) is 9.97 Å². The van der Waals surface area contributed by atoms with E-state index in [-0.39, 0.29) is 0 Å². The van der Waals surface area contributed by atoms with Gasteiger partial charge in [0.2, 0.25) is 0 Å². The molecule has 2 aromatic carbocycles. The van der Waals surface area contributed by atoms with Gasteiger partial charge in [-0.1, -0.05) is 30.5 Å². The van der Waals surface area contributed by atoms with Crippen LogP contribution < -0.4 is 4.57 Å². The Kier molecular flexibility index (Phi) is 5.01. The Labute approximate surface area is 184 Å². The highest BCUT2D eigenvalue weighted by Gasteiger charge is 2.22. The number of rotatable bonds is 3. The highest BCUT2D eigenvalue weighted by Crippen LogP contribution is 2.35. The molecule has 31 heavy (non-hydrogen) atoms. The standard InChI is InChI=1S/C27H29N4/c1-17-12-18(2)19(3)23(13-17)27-22-11-7-10-21(26(22)30-16-31(27)4)25-15-28-24(14-29-25)20-8-5-6-9-20/h7,10-16,20H,5-6,8-9H2,1-4H3/q+1. The molecule has 0 bridgehead atoms. The van der Waals surface area contributed by atoms with Crippen molar-refractivity contribution in [1.29, 1.82) is 0 Å². The van der Waals surface area contributed by atoms with Crippen LogP contribution in [-0.2, 0) is 7.05 Å². The van der Waals surface area contributed by atoms with Crippen molar-refractivity contribution >= 4 is 10.9 Å². The van der Waals surface area contributed by atoms with E-state index in [0.29, 0.717) is 5.92 Å². The lowest BCUT2D eigenvalue weighted by atomic mass is 9.94. The van der Waals surface area contributed by atoms with Crippen LogP contribution in [0.3, 0.4) is 0 Å². The first-order valence-corrected chi connectivity index (χ1v) is 11.2. The van der Waals surface area contributed by atoms with Gasteiger partial charge in [0.1, 0.15) is 5.69 Å². The number of nitrogens with zero attached hydrogens (tertiary/aromatic N) is 4. The topological polar surface area (TPSA) is 42.6 Å². The normalized spacial score (nSPS) is 14.5. The molecule has 156 valence electrons. The monoisotopic (exact) mass is 409 g/mol. The van der Waals surface area contributed by atoms with Gasteiger partial charge >= 0.3 is 0 Å². The van der Waals surface area contributed by atoms with Crippen molar-refractivity contribution in [1.82, 2.24) is 15.0 Å². The molecule has 0 amide bonds. The van der Waals surface area contributed by atoms with Gasteiger partial charge < -0.3 is 0 Å². The fourth-order valence-corrected chi connectivity index (χ4v) is 5.00. The Balaban J connectivity index is 1.67. The number of aryl methyl sites for hydroxylation is 3. The first-order chi connectivity index (χ1) is 15.0. The molecule has 0 spiro atoms. The Bertz CT molecular complexity index is 1270. The third-order valence-corrected chi connectivity index (χ3v) is 6.79. The van der Waals surface area contributed by atoms with Gasteiger partial charge in [0, 0.05) is 17.7 Å². The van der Waals surface area contributed by atoms with Crippen molar-refractivity contribution in [2.75, 3.05) is 0 Å². The van der Waals surface area contributed by atoms with Gasteiger partial charge in [-0.15, -0.1) is 0 Å². The minimum atomic E-state index is 0.574. The zero-order valence-electron chi connectivity index (χ0n) is 18.8. The molecular formula is C27H29N4+. The van der Waals surface area contributed by atoms with Crippen LogP contribution in [0.25, 0.3) is 33.4 Å².